The quantitative estimate of drug-likeness (QED) is 0.745. The van der Waals surface area contributed by atoms with E-state index in [2.05, 4.69) is 15.4 Å². The number of aliphatic hydroxyl groups excluding tert-OH is 1. The Kier molecular flexibility index (Phi) is 4.50. The zero-order valence-electron chi connectivity index (χ0n) is 13.1. The summed E-state index contributed by atoms with van der Waals surface area (Å²) < 4.78 is 11.1. The second kappa shape index (κ2) is 6.72. The van der Waals surface area contributed by atoms with Crippen LogP contribution in [0.3, 0.4) is 0 Å². The molecular weight excluding hydrogens is 296 g/mol. The molecule has 120 valence electrons. The predicted octanol–water partition coefficient (Wildman–Crippen LogP) is 2.12. The van der Waals surface area contributed by atoms with Gasteiger partial charge < -0.3 is 14.0 Å². The molecule has 0 aliphatic heterocycles. The highest BCUT2D eigenvalue weighted by molar-refractivity contribution is 5.77. The zero-order chi connectivity index (χ0) is 16.2. The highest BCUT2D eigenvalue weighted by atomic mass is 16.5. The number of hydrogen-bond acceptors (Lipinski definition) is 7. The third kappa shape index (κ3) is 3.30. The van der Waals surface area contributed by atoms with Crippen molar-refractivity contribution in [3.63, 3.8) is 0 Å². The first-order valence-corrected chi connectivity index (χ1v) is 7.33. The Morgan fingerprint density at radius 2 is 1.96 bits per heavy atom. The highest BCUT2D eigenvalue weighted by Crippen LogP contribution is 2.33. The van der Waals surface area contributed by atoms with Gasteiger partial charge in [-0.1, -0.05) is 35.5 Å². The van der Waals surface area contributed by atoms with E-state index in [0.717, 1.165) is 5.56 Å². The van der Waals surface area contributed by atoms with E-state index >= 15 is 0 Å². The largest absolute Gasteiger partial charge is 0.419 e. The molecule has 0 bridgehead atoms. The van der Waals surface area contributed by atoms with Gasteiger partial charge in [-0.15, -0.1) is 10.2 Å². The number of aromatic nitrogens is 3. The van der Waals surface area contributed by atoms with Crippen LogP contribution >= 0.6 is 0 Å². The van der Waals surface area contributed by atoms with Crippen LogP contribution < -0.4 is 0 Å². The number of aliphatic hydroxyl groups is 1. The average molecular weight is 314 g/mol. The van der Waals surface area contributed by atoms with E-state index in [4.69, 9.17) is 14.0 Å². The second-order valence-corrected chi connectivity index (χ2v) is 5.29. The van der Waals surface area contributed by atoms with Crippen LogP contribution in [0.4, 0.5) is 0 Å². The summed E-state index contributed by atoms with van der Waals surface area (Å²) in [5.41, 5.74) is 2.32. The molecule has 0 amide bonds. The number of rotatable bonds is 6. The molecule has 7 nitrogen and oxygen atoms in total. The first-order valence-electron chi connectivity index (χ1n) is 7.33. The summed E-state index contributed by atoms with van der Waals surface area (Å²) in [6.45, 7) is 2.91. The lowest BCUT2D eigenvalue weighted by Gasteiger charge is -2.11. The van der Waals surface area contributed by atoms with Gasteiger partial charge in [0, 0.05) is 12.1 Å². The first-order chi connectivity index (χ1) is 11.2. The van der Waals surface area contributed by atoms with E-state index in [1.165, 1.54) is 0 Å². The molecule has 3 rings (SSSR count). The maximum absolute atomic E-state index is 8.94. The number of nitrogens with zero attached hydrogens (tertiary/aromatic N) is 4. The minimum absolute atomic E-state index is 0.0837. The van der Waals surface area contributed by atoms with Crippen molar-refractivity contribution in [3.8, 4) is 22.7 Å². The summed E-state index contributed by atoms with van der Waals surface area (Å²) in [5.74, 6) is 1.49. The van der Waals surface area contributed by atoms with Crippen LogP contribution in [0.25, 0.3) is 22.7 Å². The molecule has 2 heterocycles. The van der Waals surface area contributed by atoms with Gasteiger partial charge in [0.25, 0.3) is 5.89 Å². The molecule has 1 aromatic carbocycles. The molecule has 0 saturated heterocycles. The van der Waals surface area contributed by atoms with Crippen LogP contribution in [-0.2, 0) is 6.54 Å². The van der Waals surface area contributed by atoms with Gasteiger partial charge in [0.05, 0.1) is 13.2 Å². The lowest BCUT2D eigenvalue weighted by atomic mass is 10.1. The van der Waals surface area contributed by atoms with E-state index in [-0.39, 0.29) is 6.61 Å². The van der Waals surface area contributed by atoms with Crippen molar-refractivity contribution >= 4 is 0 Å². The Bertz CT molecular complexity index is 767. The molecule has 0 atom stereocenters. The maximum Gasteiger partial charge on any atom is 0.253 e. The van der Waals surface area contributed by atoms with Crippen LogP contribution in [0.2, 0.25) is 0 Å². The van der Waals surface area contributed by atoms with Gasteiger partial charge in [-0.3, -0.25) is 4.90 Å². The third-order valence-corrected chi connectivity index (χ3v) is 3.48. The van der Waals surface area contributed by atoms with Crippen molar-refractivity contribution in [1.82, 2.24) is 20.3 Å². The molecule has 3 aromatic rings. The zero-order valence-corrected chi connectivity index (χ0v) is 13.1. The molecule has 0 fully saturated rings. The average Bonchev–Trinajstić information content (AvgIpc) is 3.14. The van der Waals surface area contributed by atoms with Gasteiger partial charge in [0.1, 0.15) is 17.0 Å². The fourth-order valence-electron chi connectivity index (χ4n) is 2.32. The molecule has 7 heteroatoms. The number of aryl methyl sites for hydroxylation is 1. The summed E-state index contributed by atoms with van der Waals surface area (Å²) in [7, 11) is 1.88. The summed E-state index contributed by atoms with van der Waals surface area (Å²) in [6, 6.07) is 9.72. The van der Waals surface area contributed by atoms with Crippen LogP contribution in [-0.4, -0.2) is 45.6 Å². The van der Waals surface area contributed by atoms with Crippen molar-refractivity contribution in [2.24, 2.45) is 0 Å². The molecule has 0 unspecified atom stereocenters. The van der Waals surface area contributed by atoms with Gasteiger partial charge >= 0.3 is 0 Å². The highest BCUT2D eigenvalue weighted by Gasteiger charge is 2.22. The summed E-state index contributed by atoms with van der Waals surface area (Å²) in [6.07, 6.45) is 0. The van der Waals surface area contributed by atoms with Crippen LogP contribution in [0.5, 0.6) is 0 Å². The van der Waals surface area contributed by atoms with Crippen molar-refractivity contribution in [1.29, 1.82) is 0 Å². The van der Waals surface area contributed by atoms with Gasteiger partial charge in [-0.25, -0.2) is 0 Å². The number of benzene rings is 1. The van der Waals surface area contributed by atoms with Gasteiger partial charge in [0.15, 0.2) is 0 Å². The summed E-state index contributed by atoms with van der Waals surface area (Å²) in [5, 5.41) is 21.2. The molecule has 1 N–H and O–H groups in total. The maximum atomic E-state index is 8.94. The van der Waals surface area contributed by atoms with Crippen molar-refractivity contribution in [2.75, 3.05) is 20.2 Å². The van der Waals surface area contributed by atoms with E-state index in [0.29, 0.717) is 41.9 Å². The van der Waals surface area contributed by atoms with Crippen molar-refractivity contribution < 1.29 is 14.0 Å². The fraction of sp³-hybridized carbons (Fsp3) is 0.312. The van der Waals surface area contributed by atoms with E-state index in [1.54, 1.807) is 0 Å². The molecule has 2 aromatic heterocycles. The van der Waals surface area contributed by atoms with E-state index in [9.17, 15) is 0 Å². The van der Waals surface area contributed by atoms with Crippen molar-refractivity contribution in [2.45, 2.75) is 13.5 Å². The third-order valence-electron chi connectivity index (χ3n) is 3.48. The molecule has 0 aliphatic rings. The van der Waals surface area contributed by atoms with E-state index < -0.39 is 0 Å². The lowest BCUT2D eigenvalue weighted by molar-refractivity contribution is 0.206. The van der Waals surface area contributed by atoms with Crippen molar-refractivity contribution in [3.05, 3.63) is 42.0 Å². The standard InChI is InChI=1S/C16H18N4O3/c1-11-14(15(19-23-11)12-6-4-3-5-7-12)16-18-17-13(22-16)10-20(2)8-9-21/h3-7,21H,8-10H2,1-2H3. The predicted molar refractivity (Wildman–Crippen MR) is 83.4 cm³/mol. The molecular formula is C16H18N4O3. The molecule has 23 heavy (non-hydrogen) atoms. The minimum atomic E-state index is 0.0837. The second-order valence-electron chi connectivity index (χ2n) is 5.29. The monoisotopic (exact) mass is 314 g/mol. The molecule has 0 radical (unpaired) electrons. The van der Waals surface area contributed by atoms with Gasteiger partial charge in [-0.05, 0) is 14.0 Å². The Balaban J connectivity index is 1.91. The Hall–Kier alpha value is -2.51. The van der Waals surface area contributed by atoms with Gasteiger partial charge in [0.2, 0.25) is 5.89 Å². The summed E-state index contributed by atoms with van der Waals surface area (Å²) >= 11 is 0. The lowest BCUT2D eigenvalue weighted by Crippen LogP contribution is -2.21. The normalized spacial score (nSPS) is 11.3. The fourth-order valence-corrected chi connectivity index (χ4v) is 2.32. The van der Waals surface area contributed by atoms with E-state index in [1.807, 2.05) is 49.2 Å². The Labute approximate surface area is 133 Å². The SMILES string of the molecule is Cc1onc(-c2ccccc2)c1-c1nnc(CN(C)CCO)o1. The topological polar surface area (TPSA) is 88.4 Å². The Morgan fingerprint density at radius 3 is 2.70 bits per heavy atom. The van der Waals surface area contributed by atoms with Crippen LogP contribution in [0.1, 0.15) is 11.7 Å². The first kappa shape index (κ1) is 15.4. The number of likely N-dealkylation sites (N-methyl/N-ethyl adjacent to an activating group) is 1. The smallest absolute Gasteiger partial charge is 0.253 e. The molecule has 0 spiro atoms. The van der Waals surface area contributed by atoms with Gasteiger partial charge in [-0.2, -0.15) is 0 Å². The molecule has 0 saturated carbocycles. The molecule has 0 aliphatic carbocycles. The minimum Gasteiger partial charge on any atom is -0.419 e. The number of hydrogen-bond donors (Lipinski definition) is 1. The van der Waals surface area contributed by atoms with Crippen LogP contribution in [0, 0.1) is 6.92 Å². The van der Waals surface area contributed by atoms with Crippen LogP contribution in [0.15, 0.2) is 39.3 Å². The summed E-state index contributed by atoms with van der Waals surface area (Å²) in [4.78, 5) is 1.90. The Morgan fingerprint density at radius 1 is 1.17 bits per heavy atom.